The van der Waals surface area contributed by atoms with Crippen molar-refractivity contribution >= 4 is 0 Å². The molecule has 16 heavy (non-hydrogen) atoms. The van der Waals surface area contributed by atoms with Crippen molar-refractivity contribution in [2.45, 2.75) is 70.6 Å². The number of nitrogens with one attached hydrogen (secondary N) is 1. The van der Waals surface area contributed by atoms with E-state index >= 15 is 0 Å². The summed E-state index contributed by atoms with van der Waals surface area (Å²) < 4.78 is 5.57. The second-order valence-corrected chi connectivity index (χ2v) is 5.56. The van der Waals surface area contributed by atoms with Crippen molar-refractivity contribution in [2.75, 3.05) is 13.2 Å². The first-order chi connectivity index (χ1) is 7.49. The minimum absolute atomic E-state index is 0.435. The monoisotopic (exact) mass is 229 g/mol. The molecule has 1 rings (SSSR count). The number of hydrogen-bond donors (Lipinski definition) is 2. The first-order valence-electron chi connectivity index (χ1n) is 6.57. The van der Waals surface area contributed by atoms with E-state index < -0.39 is 5.60 Å². The highest BCUT2D eigenvalue weighted by molar-refractivity contribution is 4.77. The lowest BCUT2D eigenvalue weighted by Crippen LogP contribution is -2.40. The minimum Gasteiger partial charge on any atom is -0.389 e. The van der Waals surface area contributed by atoms with Crippen LogP contribution >= 0.6 is 0 Å². The Morgan fingerprint density at radius 3 is 2.81 bits per heavy atom. The summed E-state index contributed by atoms with van der Waals surface area (Å²) in [5.41, 5.74) is -0.580. The van der Waals surface area contributed by atoms with Gasteiger partial charge in [0.1, 0.15) is 0 Å². The molecule has 0 aromatic heterocycles. The van der Waals surface area contributed by atoms with Crippen LogP contribution in [-0.4, -0.2) is 36.0 Å². The van der Waals surface area contributed by atoms with Crippen LogP contribution in [0.25, 0.3) is 0 Å². The summed E-state index contributed by atoms with van der Waals surface area (Å²) in [6.07, 6.45) is 5.86. The van der Waals surface area contributed by atoms with E-state index in [0.717, 1.165) is 25.9 Å². The van der Waals surface area contributed by atoms with Crippen molar-refractivity contribution in [2.24, 2.45) is 0 Å². The lowest BCUT2D eigenvalue weighted by Gasteiger charge is -2.25. The first kappa shape index (κ1) is 13.9. The van der Waals surface area contributed by atoms with Gasteiger partial charge in [-0.15, -0.1) is 0 Å². The van der Waals surface area contributed by atoms with Crippen molar-refractivity contribution in [3.8, 4) is 0 Å². The predicted octanol–water partition coefficient (Wildman–Crippen LogP) is 2.08. The van der Waals surface area contributed by atoms with Crippen LogP contribution < -0.4 is 5.32 Å². The molecule has 0 bridgehead atoms. The summed E-state index contributed by atoms with van der Waals surface area (Å²) >= 11 is 0. The zero-order valence-corrected chi connectivity index (χ0v) is 11.0. The van der Waals surface area contributed by atoms with Crippen LogP contribution in [0, 0.1) is 0 Å². The van der Waals surface area contributed by atoms with Gasteiger partial charge in [0, 0.05) is 19.2 Å². The van der Waals surface area contributed by atoms with E-state index in [1.54, 1.807) is 0 Å². The minimum atomic E-state index is -0.580. The molecular formula is C13H27NO2. The van der Waals surface area contributed by atoms with Crippen LogP contribution in [-0.2, 0) is 4.74 Å². The van der Waals surface area contributed by atoms with Gasteiger partial charge in [-0.2, -0.15) is 0 Å². The molecular weight excluding hydrogens is 202 g/mol. The summed E-state index contributed by atoms with van der Waals surface area (Å²) in [6.45, 7) is 7.72. The molecule has 2 unspecified atom stereocenters. The topological polar surface area (TPSA) is 41.5 Å². The maximum absolute atomic E-state index is 10.1. The van der Waals surface area contributed by atoms with E-state index in [1.807, 2.05) is 6.92 Å². The predicted molar refractivity (Wildman–Crippen MR) is 66.6 cm³/mol. The number of hydrogen-bond acceptors (Lipinski definition) is 3. The van der Waals surface area contributed by atoms with E-state index in [-0.39, 0.29) is 0 Å². The largest absolute Gasteiger partial charge is 0.389 e. The van der Waals surface area contributed by atoms with Crippen molar-refractivity contribution < 1.29 is 9.84 Å². The van der Waals surface area contributed by atoms with Gasteiger partial charge in [-0.05, 0) is 39.0 Å². The van der Waals surface area contributed by atoms with E-state index in [2.05, 4.69) is 19.2 Å². The molecule has 1 saturated heterocycles. The molecule has 0 amide bonds. The Balaban J connectivity index is 2.09. The Morgan fingerprint density at radius 2 is 2.25 bits per heavy atom. The lowest BCUT2D eigenvalue weighted by atomic mass is 9.97. The number of aliphatic hydroxyl groups is 1. The summed E-state index contributed by atoms with van der Waals surface area (Å²) in [7, 11) is 0. The first-order valence-corrected chi connectivity index (χ1v) is 6.57. The van der Waals surface area contributed by atoms with Gasteiger partial charge in [0.25, 0.3) is 0 Å². The van der Waals surface area contributed by atoms with Gasteiger partial charge in [-0.1, -0.05) is 13.8 Å². The smallest absolute Gasteiger partial charge is 0.0743 e. The van der Waals surface area contributed by atoms with Gasteiger partial charge in [0.15, 0.2) is 0 Å². The van der Waals surface area contributed by atoms with Gasteiger partial charge in [0.2, 0.25) is 0 Å². The van der Waals surface area contributed by atoms with Crippen molar-refractivity contribution in [1.29, 1.82) is 0 Å². The summed E-state index contributed by atoms with van der Waals surface area (Å²) in [6, 6.07) is 0.435. The Hall–Kier alpha value is -0.120. The van der Waals surface area contributed by atoms with Crippen LogP contribution in [0.15, 0.2) is 0 Å². The summed E-state index contributed by atoms with van der Waals surface area (Å²) in [5, 5.41) is 13.4. The second-order valence-electron chi connectivity index (χ2n) is 5.56. The van der Waals surface area contributed by atoms with Gasteiger partial charge < -0.3 is 15.2 Å². The Bertz CT molecular complexity index is 186. The average molecular weight is 229 g/mol. The standard InChI is InChI=1S/C13H27NO2/c1-11(2)14-10-13(3,15)8-4-6-12-7-5-9-16-12/h11-12,14-15H,4-10H2,1-3H3. The molecule has 2 N–H and O–H groups in total. The molecule has 0 aromatic carbocycles. The fraction of sp³-hybridized carbons (Fsp3) is 1.00. The number of rotatable bonds is 7. The highest BCUT2D eigenvalue weighted by Crippen LogP contribution is 2.20. The van der Waals surface area contributed by atoms with Crippen LogP contribution in [0.2, 0.25) is 0 Å². The molecule has 1 fully saturated rings. The third-order valence-electron chi connectivity index (χ3n) is 3.16. The fourth-order valence-electron chi connectivity index (χ4n) is 2.09. The zero-order valence-electron chi connectivity index (χ0n) is 11.0. The Kier molecular flexibility index (Phi) is 5.73. The Morgan fingerprint density at radius 1 is 1.50 bits per heavy atom. The van der Waals surface area contributed by atoms with Crippen molar-refractivity contribution in [3.05, 3.63) is 0 Å². The van der Waals surface area contributed by atoms with Gasteiger partial charge >= 0.3 is 0 Å². The third-order valence-corrected chi connectivity index (χ3v) is 3.16. The molecule has 3 heteroatoms. The van der Waals surface area contributed by atoms with Crippen LogP contribution in [0.4, 0.5) is 0 Å². The van der Waals surface area contributed by atoms with E-state index in [1.165, 1.54) is 12.8 Å². The van der Waals surface area contributed by atoms with Crippen LogP contribution in [0.5, 0.6) is 0 Å². The lowest BCUT2D eigenvalue weighted by molar-refractivity contribution is 0.0388. The van der Waals surface area contributed by atoms with E-state index in [0.29, 0.717) is 18.7 Å². The zero-order chi connectivity index (χ0) is 12.0. The molecule has 0 spiro atoms. The van der Waals surface area contributed by atoms with E-state index in [9.17, 15) is 5.11 Å². The highest BCUT2D eigenvalue weighted by Gasteiger charge is 2.22. The van der Waals surface area contributed by atoms with Gasteiger partial charge in [-0.25, -0.2) is 0 Å². The van der Waals surface area contributed by atoms with Crippen molar-refractivity contribution in [1.82, 2.24) is 5.32 Å². The molecule has 0 radical (unpaired) electrons. The quantitative estimate of drug-likeness (QED) is 0.702. The second kappa shape index (κ2) is 6.58. The molecule has 3 nitrogen and oxygen atoms in total. The molecule has 1 aliphatic heterocycles. The molecule has 2 atom stereocenters. The fourth-order valence-corrected chi connectivity index (χ4v) is 2.09. The normalized spacial score (nSPS) is 24.9. The molecule has 96 valence electrons. The molecule has 1 heterocycles. The summed E-state index contributed by atoms with van der Waals surface area (Å²) in [4.78, 5) is 0. The van der Waals surface area contributed by atoms with Crippen LogP contribution in [0.3, 0.4) is 0 Å². The molecule has 0 aromatic rings. The SMILES string of the molecule is CC(C)NCC(C)(O)CCCC1CCCO1. The van der Waals surface area contributed by atoms with Crippen molar-refractivity contribution in [3.63, 3.8) is 0 Å². The maximum atomic E-state index is 10.1. The van der Waals surface area contributed by atoms with Crippen LogP contribution in [0.1, 0.15) is 52.9 Å². The van der Waals surface area contributed by atoms with Gasteiger partial charge in [-0.3, -0.25) is 0 Å². The van der Waals surface area contributed by atoms with Gasteiger partial charge in [0.05, 0.1) is 11.7 Å². The molecule has 0 saturated carbocycles. The maximum Gasteiger partial charge on any atom is 0.0743 e. The number of ether oxygens (including phenoxy) is 1. The molecule has 1 aliphatic rings. The Labute approximate surface area is 99.6 Å². The highest BCUT2D eigenvalue weighted by atomic mass is 16.5. The summed E-state index contributed by atoms with van der Waals surface area (Å²) in [5.74, 6) is 0. The van der Waals surface area contributed by atoms with E-state index in [4.69, 9.17) is 4.74 Å². The molecule has 0 aliphatic carbocycles. The average Bonchev–Trinajstić information content (AvgIpc) is 2.68. The third kappa shape index (κ3) is 5.83.